The molecule has 3 N–H and O–H groups in total. The van der Waals surface area contributed by atoms with Gasteiger partial charge in [-0.1, -0.05) is 0 Å². The molecule has 0 radical (unpaired) electrons. The highest BCUT2D eigenvalue weighted by Crippen LogP contribution is 2.15. The first-order chi connectivity index (χ1) is 4.50. The smallest absolute Gasteiger partial charge is 0.143 e. The number of aromatic nitrogens is 1. The van der Waals surface area contributed by atoms with Crippen molar-refractivity contribution in [3.63, 3.8) is 0 Å². The van der Waals surface area contributed by atoms with Gasteiger partial charge in [0, 0.05) is 0 Å². The first kappa shape index (κ1) is 7.64. The topological polar surface area (TPSA) is 79.8 Å². The van der Waals surface area contributed by atoms with Crippen LogP contribution < -0.4 is 5.14 Å². The third kappa shape index (κ3) is 1.53. The molecule has 1 heterocycles. The van der Waals surface area contributed by atoms with Crippen LogP contribution in [-0.4, -0.2) is 9.19 Å². The van der Waals surface area contributed by atoms with Crippen LogP contribution in [0.25, 0.3) is 0 Å². The summed E-state index contributed by atoms with van der Waals surface area (Å²) in [7, 11) is -3.03. The van der Waals surface area contributed by atoms with Crippen LogP contribution in [0.5, 0.6) is 0 Å². The molecule has 10 heavy (non-hydrogen) atoms. The number of nitrogens with two attached hydrogens (primary N) is 1. The van der Waals surface area contributed by atoms with E-state index in [-0.39, 0.29) is 0 Å². The molecule has 0 aliphatic rings. The molecule has 0 fully saturated rings. The lowest BCUT2D eigenvalue weighted by molar-refractivity contribution is 0.677. The average molecular weight is 177 g/mol. The molecule has 0 aliphatic heterocycles. The number of hydrogen-bond donors (Lipinski definition) is 2. The van der Waals surface area contributed by atoms with Gasteiger partial charge in [0.25, 0.3) is 0 Å². The van der Waals surface area contributed by atoms with E-state index in [1.807, 2.05) is 0 Å². The molecule has 0 bridgehead atoms. The van der Waals surface area contributed by atoms with E-state index in [0.29, 0.717) is 4.21 Å². The number of rotatable bonds is 1. The fourth-order valence-electron chi connectivity index (χ4n) is 0.482. The molecule has 0 spiro atoms. The number of thiazole rings is 1. The molecule has 0 saturated heterocycles. The highest BCUT2D eigenvalue weighted by atomic mass is 32.2. The second kappa shape index (κ2) is 2.30. The first-order valence-electron chi connectivity index (χ1n) is 2.49. The lowest BCUT2D eigenvalue weighted by atomic mass is 10.8. The zero-order valence-electron chi connectivity index (χ0n) is 5.33. The Kier molecular flexibility index (Phi) is 1.76. The molecule has 56 valence electrons. The third-order valence-corrected chi connectivity index (χ3v) is 3.30. The van der Waals surface area contributed by atoms with Crippen LogP contribution in [0, 0.1) is 11.7 Å². The van der Waals surface area contributed by atoms with Crippen molar-refractivity contribution in [1.29, 1.82) is 4.78 Å². The predicted octanol–water partition coefficient (Wildman–Crippen LogP) is 0.731. The van der Waals surface area contributed by atoms with Crippen molar-refractivity contribution in [1.82, 2.24) is 4.98 Å². The molecule has 1 atom stereocenters. The SMILES string of the molecule is Cc1ncc(S(=N)(N)=O)s1. The molecular formula is C4H7N3OS2. The maximum Gasteiger partial charge on any atom is 0.143 e. The van der Waals surface area contributed by atoms with Gasteiger partial charge in [-0.15, -0.1) is 11.3 Å². The van der Waals surface area contributed by atoms with Crippen LogP contribution in [0.2, 0.25) is 0 Å². The Balaban J connectivity index is 3.21. The summed E-state index contributed by atoms with van der Waals surface area (Å²) >= 11 is 1.20. The van der Waals surface area contributed by atoms with E-state index in [9.17, 15) is 4.21 Å². The van der Waals surface area contributed by atoms with Gasteiger partial charge in [0.1, 0.15) is 14.1 Å². The van der Waals surface area contributed by atoms with Crippen molar-refractivity contribution in [3.05, 3.63) is 11.2 Å². The minimum absolute atomic E-state index is 0.338. The van der Waals surface area contributed by atoms with Gasteiger partial charge >= 0.3 is 0 Å². The van der Waals surface area contributed by atoms with Crippen molar-refractivity contribution >= 4 is 21.3 Å². The maximum atomic E-state index is 10.8. The summed E-state index contributed by atoms with van der Waals surface area (Å²) in [6, 6.07) is 0. The Bertz CT molecular complexity index is 326. The van der Waals surface area contributed by atoms with Crippen molar-refractivity contribution in [2.75, 3.05) is 0 Å². The zero-order valence-corrected chi connectivity index (χ0v) is 6.96. The molecule has 4 nitrogen and oxygen atoms in total. The van der Waals surface area contributed by atoms with Gasteiger partial charge in [0.05, 0.1) is 11.2 Å². The minimum atomic E-state index is -3.03. The number of nitrogens with one attached hydrogen (secondary N) is 1. The second-order valence-corrected chi connectivity index (χ2v) is 4.93. The number of hydrogen-bond acceptors (Lipinski definition) is 4. The Morgan fingerprint density at radius 1 is 1.90 bits per heavy atom. The number of aryl methyl sites for hydroxylation is 1. The van der Waals surface area contributed by atoms with Crippen LogP contribution >= 0.6 is 11.3 Å². The lowest BCUT2D eigenvalue weighted by Crippen LogP contribution is -2.07. The molecule has 1 aromatic rings. The van der Waals surface area contributed by atoms with E-state index in [4.69, 9.17) is 9.92 Å². The van der Waals surface area contributed by atoms with Crippen molar-refractivity contribution in [2.24, 2.45) is 5.14 Å². The summed E-state index contributed by atoms with van der Waals surface area (Å²) in [5.41, 5.74) is 0. The van der Waals surface area contributed by atoms with Gasteiger partial charge in [-0.2, -0.15) is 0 Å². The van der Waals surface area contributed by atoms with E-state index < -0.39 is 9.92 Å². The zero-order chi connectivity index (χ0) is 7.78. The highest BCUT2D eigenvalue weighted by Gasteiger charge is 2.05. The Morgan fingerprint density at radius 2 is 2.50 bits per heavy atom. The molecule has 1 unspecified atom stereocenters. The summed E-state index contributed by atoms with van der Waals surface area (Å²) in [5, 5.41) is 5.81. The fourth-order valence-corrected chi connectivity index (χ4v) is 2.05. The monoisotopic (exact) mass is 177 g/mol. The molecule has 0 saturated carbocycles. The normalized spacial score (nSPS) is 16.6. The fraction of sp³-hybridized carbons (Fsp3) is 0.250. The van der Waals surface area contributed by atoms with Crippen LogP contribution in [-0.2, 0) is 9.92 Å². The quantitative estimate of drug-likeness (QED) is 0.663. The highest BCUT2D eigenvalue weighted by molar-refractivity contribution is 7.92. The molecule has 1 aromatic heterocycles. The van der Waals surface area contributed by atoms with E-state index in [1.165, 1.54) is 17.5 Å². The summed E-state index contributed by atoms with van der Waals surface area (Å²) < 4.78 is 18.1. The van der Waals surface area contributed by atoms with Gasteiger partial charge in [-0.3, -0.25) is 0 Å². The Hall–Kier alpha value is -0.460. The van der Waals surface area contributed by atoms with Gasteiger partial charge in [-0.05, 0) is 6.92 Å². The average Bonchev–Trinajstić information content (AvgIpc) is 2.11. The molecule has 0 aliphatic carbocycles. The molecule has 0 amide bonds. The van der Waals surface area contributed by atoms with E-state index >= 15 is 0 Å². The van der Waals surface area contributed by atoms with Gasteiger partial charge in [0.2, 0.25) is 0 Å². The first-order valence-corrected chi connectivity index (χ1v) is 4.93. The van der Waals surface area contributed by atoms with Crippen LogP contribution in [0.3, 0.4) is 0 Å². The molecule has 0 aromatic carbocycles. The van der Waals surface area contributed by atoms with Crippen molar-refractivity contribution in [2.45, 2.75) is 11.1 Å². The standard InChI is InChI=1S/C4H7N3OS2/c1-3-7-2-4(9-3)10(5,6)8/h2H,1H3,(H3,5,6,8). The molecular weight excluding hydrogens is 170 g/mol. The molecule has 6 heteroatoms. The van der Waals surface area contributed by atoms with Gasteiger partial charge in [0.15, 0.2) is 0 Å². The summed E-state index contributed by atoms with van der Waals surface area (Å²) in [6.07, 6.45) is 1.38. The van der Waals surface area contributed by atoms with Crippen LogP contribution in [0.15, 0.2) is 10.4 Å². The second-order valence-electron chi connectivity index (χ2n) is 1.80. The Morgan fingerprint density at radius 3 is 2.70 bits per heavy atom. The van der Waals surface area contributed by atoms with E-state index in [0.717, 1.165) is 5.01 Å². The van der Waals surface area contributed by atoms with Gasteiger partial charge in [-0.25, -0.2) is 19.1 Å². The Labute approximate surface area is 63.2 Å². The summed E-state index contributed by atoms with van der Waals surface area (Å²) in [4.78, 5) is 3.82. The van der Waals surface area contributed by atoms with Crippen molar-refractivity contribution in [3.8, 4) is 0 Å². The van der Waals surface area contributed by atoms with Crippen LogP contribution in [0.1, 0.15) is 5.01 Å². The van der Waals surface area contributed by atoms with E-state index in [1.54, 1.807) is 6.92 Å². The van der Waals surface area contributed by atoms with E-state index in [2.05, 4.69) is 4.98 Å². The summed E-state index contributed by atoms with van der Waals surface area (Å²) in [5.74, 6) is 0. The summed E-state index contributed by atoms with van der Waals surface area (Å²) in [6.45, 7) is 1.78. The van der Waals surface area contributed by atoms with Crippen LogP contribution in [0.4, 0.5) is 0 Å². The predicted molar refractivity (Wildman–Crippen MR) is 40.2 cm³/mol. The minimum Gasteiger partial charge on any atom is -0.249 e. The lowest BCUT2D eigenvalue weighted by Gasteiger charge is -1.90. The van der Waals surface area contributed by atoms with Crippen molar-refractivity contribution < 1.29 is 4.21 Å². The van der Waals surface area contributed by atoms with Gasteiger partial charge < -0.3 is 0 Å². The number of nitrogens with zero attached hydrogens (tertiary/aromatic N) is 1. The molecule has 1 rings (SSSR count). The third-order valence-electron chi connectivity index (χ3n) is 0.899. The largest absolute Gasteiger partial charge is 0.249 e. The maximum absolute atomic E-state index is 10.8.